The van der Waals surface area contributed by atoms with Crippen LogP contribution in [0.1, 0.15) is 9.67 Å². The average molecular weight is 443 g/mol. The number of ether oxygens (including phenoxy) is 1. The monoisotopic (exact) mass is 442 g/mol. The Kier molecular flexibility index (Phi) is 7.21. The standard InChI is InChI=1S/C22H19ClN2O4S/c1-25(13-19(26)24-18-10-6-5-9-17(18)23)20(27)14-29-22(28)21-16(11-12-30-21)15-7-3-2-4-8-15/h2-12H,13-14H2,1H3,(H,24,26). The lowest BCUT2D eigenvalue weighted by molar-refractivity contribution is -0.136. The maximum atomic E-state index is 12.5. The Bertz CT molecular complexity index is 1050. The highest BCUT2D eigenvalue weighted by atomic mass is 35.5. The molecule has 0 atom stereocenters. The van der Waals surface area contributed by atoms with Gasteiger partial charge in [-0.15, -0.1) is 11.3 Å². The fourth-order valence-corrected chi connectivity index (χ4v) is 3.66. The van der Waals surface area contributed by atoms with E-state index in [1.54, 1.807) is 29.6 Å². The predicted molar refractivity (Wildman–Crippen MR) is 118 cm³/mol. The molecule has 0 aliphatic heterocycles. The first kappa shape index (κ1) is 21.5. The number of anilines is 1. The van der Waals surface area contributed by atoms with Crippen molar-refractivity contribution >= 4 is 46.4 Å². The van der Waals surface area contributed by atoms with Crippen LogP contribution in [0.4, 0.5) is 5.69 Å². The molecule has 0 spiro atoms. The van der Waals surface area contributed by atoms with E-state index in [0.717, 1.165) is 11.1 Å². The molecule has 0 unspecified atom stereocenters. The quantitative estimate of drug-likeness (QED) is 0.553. The second kappa shape index (κ2) is 10.0. The third-order valence-electron chi connectivity index (χ3n) is 4.22. The summed E-state index contributed by atoms with van der Waals surface area (Å²) in [7, 11) is 1.46. The van der Waals surface area contributed by atoms with Crippen molar-refractivity contribution in [2.24, 2.45) is 0 Å². The van der Waals surface area contributed by atoms with Crippen molar-refractivity contribution < 1.29 is 19.1 Å². The van der Waals surface area contributed by atoms with Gasteiger partial charge in [0.25, 0.3) is 5.91 Å². The topological polar surface area (TPSA) is 75.7 Å². The van der Waals surface area contributed by atoms with Crippen LogP contribution in [0.3, 0.4) is 0 Å². The molecule has 0 fully saturated rings. The van der Waals surface area contributed by atoms with Gasteiger partial charge in [-0.1, -0.05) is 54.1 Å². The van der Waals surface area contributed by atoms with Gasteiger partial charge in [-0.3, -0.25) is 9.59 Å². The molecule has 2 amide bonds. The Morgan fingerprint density at radius 2 is 1.73 bits per heavy atom. The molecule has 1 heterocycles. The molecule has 8 heteroatoms. The van der Waals surface area contributed by atoms with E-state index in [2.05, 4.69) is 5.32 Å². The Morgan fingerprint density at radius 3 is 2.47 bits per heavy atom. The predicted octanol–water partition coefficient (Wildman–Crippen LogP) is 4.32. The number of nitrogens with one attached hydrogen (secondary N) is 1. The van der Waals surface area contributed by atoms with E-state index < -0.39 is 24.4 Å². The number of halogens is 1. The lowest BCUT2D eigenvalue weighted by atomic mass is 10.1. The molecule has 6 nitrogen and oxygen atoms in total. The van der Waals surface area contributed by atoms with Crippen LogP contribution in [0.5, 0.6) is 0 Å². The van der Waals surface area contributed by atoms with Crippen LogP contribution in [0.2, 0.25) is 5.02 Å². The molecule has 2 aromatic carbocycles. The van der Waals surface area contributed by atoms with E-state index in [-0.39, 0.29) is 6.54 Å². The third kappa shape index (κ3) is 5.46. The number of benzene rings is 2. The largest absolute Gasteiger partial charge is 0.451 e. The van der Waals surface area contributed by atoms with Gasteiger partial charge in [0.05, 0.1) is 17.3 Å². The highest BCUT2D eigenvalue weighted by molar-refractivity contribution is 7.12. The second-order valence-corrected chi connectivity index (χ2v) is 7.71. The summed E-state index contributed by atoms with van der Waals surface area (Å²) in [6, 6.07) is 18.1. The van der Waals surface area contributed by atoms with Crippen molar-refractivity contribution in [2.45, 2.75) is 0 Å². The summed E-state index contributed by atoms with van der Waals surface area (Å²) in [5, 5.41) is 4.84. The summed E-state index contributed by atoms with van der Waals surface area (Å²) in [6.45, 7) is -0.656. The van der Waals surface area contributed by atoms with Crippen molar-refractivity contribution in [1.82, 2.24) is 4.90 Å². The van der Waals surface area contributed by atoms with Crippen molar-refractivity contribution in [1.29, 1.82) is 0 Å². The van der Waals surface area contributed by atoms with Gasteiger partial charge in [0.1, 0.15) is 4.88 Å². The summed E-state index contributed by atoms with van der Waals surface area (Å²) in [6.07, 6.45) is 0. The molecule has 154 valence electrons. The Morgan fingerprint density at radius 1 is 1.03 bits per heavy atom. The first-order valence-electron chi connectivity index (χ1n) is 9.04. The van der Waals surface area contributed by atoms with Gasteiger partial charge in [0.2, 0.25) is 5.91 Å². The van der Waals surface area contributed by atoms with Crippen molar-refractivity contribution in [3.63, 3.8) is 0 Å². The number of rotatable bonds is 7. The van der Waals surface area contributed by atoms with Crippen LogP contribution >= 0.6 is 22.9 Å². The van der Waals surface area contributed by atoms with Crippen molar-refractivity contribution in [3.05, 3.63) is 75.9 Å². The molecule has 0 bridgehead atoms. The molecule has 3 rings (SSSR count). The molecule has 0 saturated carbocycles. The van der Waals surface area contributed by atoms with Crippen molar-refractivity contribution in [2.75, 3.05) is 25.5 Å². The van der Waals surface area contributed by atoms with E-state index in [1.165, 1.54) is 23.3 Å². The van der Waals surface area contributed by atoms with E-state index >= 15 is 0 Å². The van der Waals surface area contributed by atoms with Crippen LogP contribution in [0.15, 0.2) is 66.0 Å². The fourth-order valence-electron chi connectivity index (χ4n) is 2.67. The minimum Gasteiger partial charge on any atom is -0.451 e. The van der Waals surface area contributed by atoms with Gasteiger partial charge in [-0.2, -0.15) is 0 Å². The number of carbonyl (C=O) groups excluding carboxylic acids is 3. The van der Waals surface area contributed by atoms with Gasteiger partial charge in [-0.25, -0.2) is 4.79 Å². The van der Waals surface area contributed by atoms with E-state index in [9.17, 15) is 14.4 Å². The van der Waals surface area contributed by atoms with Crippen LogP contribution in [0, 0.1) is 0 Å². The maximum absolute atomic E-state index is 12.5. The number of carbonyl (C=O) groups is 3. The number of esters is 1. The number of thiophene rings is 1. The van der Waals surface area contributed by atoms with Gasteiger partial charge >= 0.3 is 5.97 Å². The number of likely N-dealkylation sites (N-methyl/N-ethyl adjacent to an activating group) is 1. The molecular formula is C22H19ClN2O4S. The third-order valence-corrected chi connectivity index (χ3v) is 5.44. The Balaban J connectivity index is 1.53. The van der Waals surface area contributed by atoms with Crippen LogP contribution in [-0.4, -0.2) is 42.9 Å². The highest BCUT2D eigenvalue weighted by Gasteiger charge is 2.19. The smallest absolute Gasteiger partial charge is 0.349 e. The van der Waals surface area contributed by atoms with Gasteiger partial charge in [0, 0.05) is 12.6 Å². The van der Waals surface area contributed by atoms with Crippen LogP contribution in [0.25, 0.3) is 11.1 Å². The number of amides is 2. The van der Waals surface area contributed by atoms with Crippen LogP contribution < -0.4 is 5.32 Å². The number of hydrogen-bond donors (Lipinski definition) is 1. The molecule has 3 aromatic rings. The molecule has 0 aliphatic carbocycles. The van der Waals surface area contributed by atoms with Crippen LogP contribution in [-0.2, 0) is 14.3 Å². The summed E-state index contributed by atoms with van der Waals surface area (Å²) in [4.78, 5) is 38.5. The lowest BCUT2D eigenvalue weighted by Gasteiger charge is -2.17. The van der Waals surface area contributed by atoms with Crippen molar-refractivity contribution in [3.8, 4) is 11.1 Å². The van der Waals surface area contributed by atoms with Gasteiger partial charge in [0.15, 0.2) is 6.61 Å². The maximum Gasteiger partial charge on any atom is 0.349 e. The minimum absolute atomic E-state index is 0.199. The SMILES string of the molecule is CN(CC(=O)Nc1ccccc1Cl)C(=O)COC(=O)c1sccc1-c1ccccc1. The van der Waals surface area contributed by atoms with Gasteiger partial charge in [-0.05, 0) is 29.1 Å². The normalized spacial score (nSPS) is 10.3. The van der Waals surface area contributed by atoms with E-state index in [1.807, 2.05) is 36.4 Å². The second-order valence-electron chi connectivity index (χ2n) is 6.38. The van der Waals surface area contributed by atoms with Gasteiger partial charge < -0.3 is 15.0 Å². The Labute approximate surface area is 183 Å². The first-order valence-corrected chi connectivity index (χ1v) is 10.3. The summed E-state index contributed by atoms with van der Waals surface area (Å²) in [5.74, 6) is -1.48. The van der Waals surface area contributed by atoms with E-state index in [4.69, 9.17) is 16.3 Å². The molecule has 1 aromatic heterocycles. The Hall–Kier alpha value is -3.16. The number of para-hydroxylation sites is 1. The molecular weight excluding hydrogens is 424 g/mol. The summed E-state index contributed by atoms with van der Waals surface area (Å²) >= 11 is 7.26. The number of nitrogens with zero attached hydrogens (tertiary/aromatic N) is 1. The molecule has 0 aliphatic rings. The molecule has 30 heavy (non-hydrogen) atoms. The molecule has 1 N–H and O–H groups in total. The number of hydrogen-bond acceptors (Lipinski definition) is 5. The minimum atomic E-state index is -0.578. The lowest BCUT2D eigenvalue weighted by Crippen LogP contribution is -2.37. The molecule has 0 radical (unpaired) electrons. The summed E-state index contributed by atoms with van der Waals surface area (Å²) in [5.41, 5.74) is 2.11. The average Bonchev–Trinajstić information content (AvgIpc) is 3.24. The zero-order valence-corrected chi connectivity index (χ0v) is 17.7. The highest BCUT2D eigenvalue weighted by Crippen LogP contribution is 2.28. The zero-order chi connectivity index (χ0) is 21.5. The van der Waals surface area contributed by atoms with E-state index in [0.29, 0.717) is 15.6 Å². The fraction of sp³-hybridized carbons (Fsp3) is 0.136. The molecule has 0 saturated heterocycles. The zero-order valence-electron chi connectivity index (χ0n) is 16.1. The first-order chi connectivity index (χ1) is 14.5. The summed E-state index contributed by atoms with van der Waals surface area (Å²) < 4.78 is 5.18.